The van der Waals surface area contributed by atoms with Gasteiger partial charge in [0, 0.05) is 12.8 Å². The largest absolute Gasteiger partial charge is 0.756 e. The van der Waals surface area contributed by atoms with Crippen LogP contribution in [0.4, 0.5) is 0 Å². The van der Waals surface area contributed by atoms with Gasteiger partial charge >= 0.3 is 11.9 Å². The van der Waals surface area contributed by atoms with Gasteiger partial charge in [-0.15, -0.1) is 0 Å². The van der Waals surface area contributed by atoms with Gasteiger partial charge in [-0.2, -0.15) is 0 Å². The Bertz CT molecular complexity index is 1330. The van der Waals surface area contributed by atoms with Gasteiger partial charge in [-0.3, -0.25) is 14.2 Å². The molecule has 0 amide bonds. The summed E-state index contributed by atoms with van der Waals surface area (Å²) < 4.78 is 34.0. The number of carbonyl (C=O) groups is 2. The molecule has 2 atom stereocenters. The average Bonchev–Trinajstić information content (AvgIpc) is 3.26. The lowest BCUT2D eigenvalue weighted by Gasteiger charge is -2.28. The molecule has 0 aromatic carbocycles. The third-order valence-corrected chi connectivity index (χ3v) is 11.9. The molecule has 0 aliphatic rings. The highest BCUT2D eigenvalue weighted by molar-refractivity contribution is 7.45. The quantitative estimate of drug-likeness (QED) is 0.0195. The number of quaternary nitrogens is 1. The van der Waals surface area contributed by atoms with Gasteiger partial charge in [0.25, 0.3) is 7.82 Å². The molecule has 0 N–H and O–H groups in total. The molecule has 0 aliphatic carbocycles. The second-order valence-electron chi connectivity index (χ2n) is 18.5. The van der Waals surface area contributed by atoms with Crippen LogP contribution in [0.3, 0.4) is 0 Å². The summed E-state index contributed by atoms with van der Waals surface area (Å²) >= 11 is 0. The third kappa shape index (κ3) is 50.7. The summed E-state index contributed by atoms with van der Waals surface area (Å²) in [6, 6.07) is 0. The highest BCUT2D eigenvalue weighted by atomic mass is 31.2. The van der Waals surface area contributed by atoms with E-state index in [0.29, 0.717) is 17.4 Å². The van der Waals surface area contributed by atoms with E-state index < -0.39 is 32.5 Å². The monoisotopic (exact) mass is 932 g/mol. The van der Waals surface area contributed by atoms with Crippen LogP contribution in [-0.2, 0) is 32.7 Å². The number of ether oxygens (including phenoxy) is 2. The predicted molar refractivity (Wildman–Crippen MR) is 273 cm³/mol. The van der Waals surface area contributed by atoms with Crippen molar-refractivity contribution in [3.63, 3.8) is 0 Å². The van der Waals surface area contributed by atoms with Crippen LogP contribution < -0.4 is 4.89 Å². The number of hydrogen-bond donors (Lipinski definition) is 0. The van der Waals surface area contributed by atoms with Crippen LogP contribution in [-0.4, -0.2) is 70.0 Å². The molecule has 0 fully saturated rings. The summed E-state index contributed by atoms with van der Waals surface area (Å²) in [4.78, 5) is 37.7. The lowest BCUT2D eigenvalue weighted by Crippen LogP contribution is -2.37. The van der Waals surface area contributed by atoms with Gasteiger partial charge in [-0.25, -0.2) is 0 Å². The maximum Gasteiger partial charge on any atom is 0.306 e. The number of likely N-dealkylation sites (N-methyl/N-ethyl adjacent to an activating group) is 1. The van der Waals surface area contributed by atoms with Crippen LogP contribution in [0.25, 0.3) is 0 Å². The van der Waals surface area contributed by atoms with E-state index >= 15 is 0 Å². The Morgan fingerprint density at radius 2 is 0.877 bits per heavy atom. The molecule has 0 heterocycles. The highest BCUT2D eigenvalue weighted by Crippen LogP contribution is 2.38. The molecular weight excluding hydrogens is 834 g/mol. The van der Waals surface area contributed by atoms with Crippen LogP contribution in [0.1, 0.15) is 213 Å². The van der Waals surface area contributed by atoms with Crippen molar-refractivity contribution in [3.05, 3.63) is 72.9 Å². The van der Waals surface area contributed by atoms with Crippen molar-refractivity contribution >= 4 is 19.8 Å². The zero-order chi connectivity index (χ0) is 47.8. The second kappa shape index (κ2) is 46.6. The summed E-state index contributed by atoms with van der Waals surface area (Å²) in [5, 5.41) is 0. The molecule has 9 nitrogen and oxygen atoms in total. The van der Waals surface area contributed by atoms with E-state index in [2.05, 4.69) is 86.8 Å². The number of esters is 2. The Labute approximate surface area is 399 Å². The van der Waals surface area contributed by atoms with Crippen LogP contribution in [0.5, 0.6) is 0 Å². The fourth-order valence-corrected chi connectivity index (χ4v) is 7.64. The van der Waals surface area contributed by atoms with Gasteiger partial charge in [0.15, 0.2) is 6.10 Å². The summed E-state index contributed by atoms with van der Waals surface area (Å²) in [7, 11) is 1.15. The molecule has 0 saturated heterocycles. The summed E-state index contributed by atoms with van der Waals surface area (Å²) in [5.74, 6) is -0.848. The van der Waals surface area contributed by atoms with E-state index in [4.69, 9.17) is 18.5 Å². The molecule has 65 heavy (non-hydrogen) atoms. The Morgan fingerprint density at radius 3 is 1.32 bits per heavy atom. The zero-order valence-corrected chi connectivity index (χ0v) is 43.3. The number of hydrogen-bond acceptors (Lipinski definition) is 8. The Balaban J connectivity index is 4.20. The fraction of sp³-hybridized carbons (Fsp3) is 0.745. The van der Waals surface area contributed by atoms with Gasteiger partial charge in [0.2, 0.25) is 0 Å². The van der Waals surface area contributed by atoms with E-state index in [1.165, 1.54) is 83.5 Å². The van der Waals surface area contributed by atoms with E-state index in [9.17, 15) is 19.0 Å². The Hall–Kier alpha value is -2.55. The van der Waals surface area contributed by atoms with Gasteiger partial charge < -0.3 is 27.9 Å². The van der Waals surface area contributed by atoms with Crippen molar-refractivity contribution in [1.82, 2.24) is 0 Å². The van der Waals surface area contributed by atoms with Crippen molar-refractivity contribution in [3.8, 4) is 0 Å². The second-order valence-corrected chi connectivity index (χ2v) is 19.9. The highest BCUT2D eigenvalue weighted by Gasteiger charge is 2.21. The molecule has 0 radical (unpaired) electrons. The molecule has 0 aliphatic heterocycles. The van der Waals surface area contributed by atoms with E-state index in [-0.39, 0.29) is 26.1 Å². The molecule has 0 aromatic heterocycles. The molecule has 376 valence electrons. The van der Waals surface area contributed by atoms with Crippen molar-refractivity contribution in [2.75, 3.05) is 47.5 Å². The van der Waals surface area contributed by atoms with Gasteiger partial charge in [0.1, 0.15) is 19.8 Å². The molecule has 0 bridgehead atoms. The molecular formula is C55H98NO8P. The van der Waals surface area contributed by atoms with Crippen molar-refractivity contribution in [2.24, 2.45) is 0 Å². The Morgan fingerprint density at radius 1 is 0.492 bits per heavy atom. The first-order chi connectivity index (χ1) is 31.5. The number of allylic oxidation sites excluding steroid dienone is 12. The first kappa shape index (κ1) is 62.4. The first-order valence-electron chi connectivity index (χ1n) is 26.1. The van der Waals surface area contributed by atoms with Crippen molar-refractivity contribution in [2.45, 2.75) is 219 Å². The molecule has 0 spiro atoms. The van der Waals surface area contributed by atoms with Gasteiger partial charge in [-0.05, 0) is 83.5 Å². The van der Waals surface area contributed by atoms with Crippen LogP contribution in [0.2, 0.25) is 0 Å². The number of phosphoric ester groups is 1. The summed E-state index contributed by atoms with van der Waals surface area (Å²) in [6.07, 6.45) is 59.3. The summed E-state index contributed by atoms with van der Waals surface area (Å²) in [5.41, 5.74) is 0. The number of nitrogens with zero attached hydrogens (tertiary/aromatic N) is 1. The normalized spacial score (nSPS) is 14.0. The van der Waals surface area contributed by atoms with E-state index in [1.807, 2.05) is 21.1 Å². The molecule has 0 aromatic rings. The van der Waals surface area contributed by atoms with Gasteiger partial charge in [0.05, 0.1) is 27.7 Å². The Kier molecular flexibility index (Phi) is 44.7. The van der Waals surface area contributed by atoms with Crippen molar-refractivity contribution < 1.29 is 42.1 Å². The van der Waals surface area contributed by atoms with E-state index in [0.717, 1.165) is 96.3 Å². The predicted octanol–water partition coefficient (Wildman–Crippen LogP) is 15.1. The maximum absolute atomic E-state index is 12.8. The summed E-state index contributed by atoms with van der Waals surface area (Å²) in [6.45, 7) is 4.10. The zero-order valence-electron chi connectivity index (χ0n) is 42.4. The third-order valence-electron chi connectivity index (χ3n) is 11.0. The SMILES string of the molecule is CC/C=C\C/C=C\C/C=C\C/C=C\C/C=C\CCCCCCCCCCCCCC(=O)OC(COC(=O)CCCCCCC/C=C\CCCCCCC)COP(=O)([O-])OCC[N+](C)(C)C. The standard InChI is InChI=1S/C55H98NO8P/c1-6-8-10-12-14-16-18-20-22-23-24-25-26-27-28-29-30-31-32-33-34-36-38-40-42-44-46-48-55(58)64-53(52-63-65(59,60)62-50-49-56(3,4)5)51-61-54(57)47-45-43-41-39-37-35-21-19-17-15-13-11-9-7-2/h8,10,14,16,19-22,24-25,27-28,53H,6-7,9,11-13,15,17-18,23,26,29-52H2,1-5H3/b10-8-,16-14-,21-19-,22-20-,25-24-,28-27-. The lowest BCUT2D eigenvalue weighted by molar-refractivity contribution is -0.870. The van der Waals surface area contributed by atoms with Gasteiger partial charge in [-0.1, -0.05) is 189 Å². The van der Waals surface area contributed by atoms with Crippen molar-refractivity contribution in [1.29, 1.82) is 0 Å². The lowest BCUT2D eigenvalue weighted by atomic mass is 10.0. The van der Waals surface area contributed by atoms with Crippen LogP contribution in [0, 0.1) is 0 Å². The number of phosphoric acid groups is 1. The number of rotatable bonds is 47. The topological polar surface area (TPSA) is 111 Å². The smallest absolute Gasteiger partial charge is 0.306 e. The maximum atomic E-state index is 12.8. The average molecular weight is 932 g/mol. The number of carbonyl (C=O) groups excluding carboxylic acids is 2. The number of unbranched alkanes of at least 4 members (excludes halogenated alkanes) is 21. The van der Waals surface area contributed by atoms with E-state index in [1.54, 1.807) is 0 Å². The first-order valence-corrected chi connectivity index (χ1v) is 27.6. The molecule has 10 heteroatoms. The molecule has 2 unspecified atom stereocenters. The minimum Gasteiger partial charge on any atom is -0.756 e. The van der Waals surface area contributed by atoms with Crippen LogP contribution >= 0.6 is 7.82 Å². The van der Waals surface area contributed by atoms with Crippen LogP contribution in [0.15, 0.2) is 72.9 Å². The molecule has 0 rings (SSSR count). The fourth-order valence-electron chi connectivity index (χ4n) is 6.91. The minimum atomic E-state index is -4.64. The molecule has 0 saturated carbocycles. The minimum absolute atomic E-state index is 0.0351.